The van der Waals surface area contributed by atoms with Crippen LogP contribution in [0.2, 0.25) is 0 Å². The number of phenolic OH excluding ortho intramolecular Hbond substituents is 1. The van der Waals surface area contributed by atoms with Crippen LogP contribution in [-0.4, -0.2) is 22.1 Å². The third-order valence-corrected chi connectivity index (χ3v) is 4.15. The first-order chi connectivity index (χ1) is 10.1. The molecule has 0 aliphatic heterocycles. The van der Waals surface area contributed by atoms with Crippen LogP contribution in [0.1, 0.15) is 0 Å². The van der Waals surface area contributed by atoms with Crippen molar-refractivity contribution in [3.63, 3.8) is 0 Å². The third kappa shape index (κ3) is 2.38. The molecule has 0 aliphatic rings. The van der Waals surface area contributed by atoms with Gasteiger partial charge in [0.2, 0.25) is 0 Å². The summed E-state index contributed by atoms with van der Waals surface area (Å²) in [5.41, 5.74) is 1.91. The molecule has 0 fully saturated rings. The number of nitro groups is 1. The lowest BCUT2D eigenvalue weighted by Gasteiger charge is -2.03. The number of phenols is 1. The number of thiazole rings is 1. The summed E-state index contributed by atoms with van der Waals surface area (Å²) in [5.74, 6) is 0.175. The maximum Gasteiger partial charge on any atom is 0.293 e. The maximum atomic E-state index is 11.1. The Morgan fingerprint density at radius 1 is 1.29 bits per heavy atom. The van der Waals surface area contributed by atoms with E-state index in [0.717, 1.165) is 10.2 Å². The van der Waals surface area contributed by atoms with Crippen molar-refractivity contribution < 1.29 is 10.0 Å². The average Bonchev–Trinajstić information content (AvgIpc) is 2.89. The Kier molecular flexibility index (Phi) is 3.19. The van der Waals surface area contributed by atoms with Crippen LogP contribution < -0.4 is 5.32 Å². The molecule has 0 spiro atoms. The van der Waals surface area contributed by atoms with E-state index >= 15 is 0 Å². The predicted molar refractivity (Wildman–Crippen MR) is 82.9 cm³/mol. The van der Waals surface area contributed by atoms with Crippen LogP contribution in [0, 0.1) is 10.1 Å². The first-order valence-electron chi connectivity index (χ1n) is 6.14. The molecule has 6 nitrogen and oxygen atoms in total. The number of hydrogen-bond acceptors (Lipinski definition) is 6. The van der Waals surface area contributed by atoms with E-state index in [-0.39, 0.29) is 11.4 Å². The highest BCUT2D eigenvalue weighted by atomic mass is 32.1. The van der Waals surface area contributed by atoms with E-state index in [1.807, 2.05) is 0 Å². The van der Waals surface area contributed by atoms with Gasteiger partial charge in [-0.1, -0.05) is 0 Å². The SMILES string of the molecule is CNc1ccc(-c2nc3ccc(O)cc3s2)cc1[N+](=O)[O-]. The summed E-state index contributed by atoms with van der Waals surface area (Å²) in [7, 11) is 1.64. The van der Waals surface area contributed by atoms with Crippen molar-refractivity contribution in [2.45, 2.75) is 0 Å². The van der Waals surface area contributed by atoms with Crippen molar-refractivity contribution in [2.75, 3.05) is 12.4 Å². The molecule has 21 heavy (non-hydrogen) atoms. The lowest BCUT2D eigenvalue weighted by molar-refractivity contribution is -0.383. The molecule has 0 saturated heterocycles. The second-order valence-corrected chi connectivity index (χ2v) is 5.44. The van der Waals surface area contributed by atoms with Gasteiger partial charge < -0.3 is 10.4 Å². The molecule has 1 aromatic heterocycles. The second kappa shape index (κ2) is 5.02. The number of nitrogens with one attached hydrogen (secondary N) is 1. The Labute approximate surface area is 123 Å². The van der Waals surface area contributed by atoms with Crippen LogP contribution >= 0.6 is 11.3 Å². The minimum absolute atomic E-state index is 0.0112. The lowest BCUT2D eigenvalue weighted by Crippen LogP contribution is -1.96. The van der Waals surface area contributed by atoms with E-state index < -0.39 is 4.92 Å². The number of nitro benzene ring substituents is 1. The van der Waals surface area contributed by atoms with Crippen LogP contribution in [0.25, 0.3) is 20.8 Å². The number of aromatic hydroxyl groups is 1. The summed E-state index contributed by atoms with van der Waals surface area (Å²) in [6, 6.07) is 9.88. The molecule has 0 unspecified atom stereocenters. The smallest absolute Gasteiger partial charge is 0.293 e. The van der Waals surface area contributed by atoms with Crippen molar-refractivity contribution in [3.8, 4) is 16.3 Å². The standard InChI is InChI=1S/C14H11N3O3S/c1-15-10-4-2-8(6-12(10)17(19)20)14-16-11-5-3-9(18)7-13(11)21-14/h2-7,15,18H,1H3. The topological polar surface area (TPSA) is 88.3 Å². The molecule has 0 radical (unpaired) electrons. The van der Waals surface area contributed by atoms with Crippen molar-refractivity contribution >= 4 is 32.9 Å². The van der Waals surface area contributed by atoms with E-state index in [9.17, 15) is 15.2 Å². The molecule has 3 aromatic rings. The number of benzene rings is 2. The van der Waals surface area contributed by atoms with Gasteiger partial charge in [0.1, 0.15) is 16.4 Å². The van der Waals surface area contributed by atoms with Crippen LogP contribution in [0.15, 0.2) is 36.4 Å². The molecule has 2 aromatic carbocycles. The van der Waals surface area contributed by atoms with Gasteiger partial charge in [0, 0.05) is 18.7 Å². The van der Waals surface area contributed by atoms with Gasteiger partial charge in [-0.05, 0) is 30.3 Å². The van der Waals surface area contributed by atoms with E-state index in [1.165, 1.54) is 17.4 Å². The first-order valence-corrected chi connectivity index (χ1v) is 6.96. The Morgan fingerprint density at radius 3 is 2.81 bits per heavy atom. The minimum atomic E-state index is -0.422. The number of aromatic nitrogens is 1. The first kappa shape index (κ1) is 13.3. The Morgan fingerprint density at radius 2 is 2.10 bits per heavy atom. The summed E-state index contributed by atoms with van der Waals surface area (Å²) in [4.78, 5) is 15.1. The minimum Gasteiger partial charge on any atom is -0.508 e. The summed E-state index contributed by atoms with van der Waals surface area (Å²) < 4.78 is 0.838. The monoisotopic (exact) mass is 301 g/mol. The predicted octanol–water partition coefficient (Wildman–Crippen LogP) is 3.62. The molecule has 0 bridgehead atoms. The van der Waals surface area contributed by atoms with Crippen molar-refractivity contribution in [3.05, 3.63) is 46.5 Å². The quantitative estimate of drug-likeness (QED) is 0.570. The maximum absolute atomic E-state index is 11.1. The number of nitrogens with zero attached hydrogens (tertiary/aromatic N) is 2. The van der Waals surface area contributed by atoms with E-state index in [4.69, 9.17) is 0 Å². The van der Waals surface area contributed by atoms with Crippen LogP contribution in [0.3, 0.4) is 0 Å². The highest BCUT2D eigenvalue weighted by Gasteiger charge is 2.16. The van der Waals surface area contributed by atoms with Gasteiger partial charge in [-0.3, -0.25) is 10.1 Å². The van der Waals surface area contributed by atoms with Crippen LogP contribution in [0.4, 0.5) is 11.4 Å². The highest BCUT2D eigenvalue weighted by molar-refractivity contribution is 7.21. The fourth-order valence-electron chi connectivity index (χ4n) is 2.06. The van der Waals surface area contributed by atoms with Gasteiger partial charge >= 0.3 is 0 Å². The number of rotatable bonds is 3. The van der Waals surface area contributed by atoms with E-state index in [2.05, 4.69) is 10.3 Å². The molecule has 106 valence electrons. The largest absolute Gasteiger partial charge is 0.508 e. The average molecular weight is 301 g/mol. The third-order valence-electron chi connectivity index (χ3n) is 3.08. The second-order valence-electron chi connectivity index (χ2n) is 4.41. The summed E-state index contributed by atoms with van der Waals surface area (Å²) >= 11 is 1.38. The number of fused-ring (bicyclic) bond motifs is 1. The number of hydrogen-bond donors (Lipinski definition) is 2. The molecule has 2 N–H and O–H groups in total. The van der Waals surface area contributed by atoms with Gasteiger partial charge in [-0.15, -0.1) is 11.3 Å². The summed E-state index contributed by atoms with van der Waals surface area (Å²) in [6.07, 6.45) is 0. The zero-order chi connectivity index (χ0) is 15.0. The molecule has 0 aliphatic carbocycles. The van der Waals surface area contributed by atoms with Gasteiger partial charge in [-0.25, -0.2) is 4.98 Å². The zero-order valence-electron chi connectivity index (χ0n) is 11.0. The molecule has 0 atom stereocenters. The van der Waals surface area contributed by atoms with Gasteiger partial charge in [0.15, 0.2) is 0 Å². The van der Waals surface area contributed by atoms with Gasteiger partial charge in [-0.2, -0.15) is 0 Å². The molecule has 1 heterocycles. The molecular formula is C14H11N3O3S. The van der Waals surface area contributed by atoms with Crippen LogP contribution in [0.5, 0.6) is 5.75 Å². The number of anilines is 1. The lowest BCUT2D eigenvalue weighted by atomic mass is 10.2. The van der Waals surface area contributed by atoms with Gasteiger partial charge in [0.25, 0.3) is 5.69 Å². The van der Waals surface area contributed by atoms with Crippen molar-refractivity contribution in [2.24, 2.45) is 0 Å². The molecule has 0 amide bonds. The summed E-state index contributed by atoms with van der Waals surface area (Å²) in [5, 5.41) is 24.1. The Bertz CT molecular complexity index is 845. The van der Waals surface area contributed by atoms with Crippen molar-refractivity contribution in [1.82, 2.24) is 4.98 Å². The Hall–Kier alpha value is -2.67. The molecular weight excluding hydrogens is 290 g/mol. The Balaban J connectivity index is 2.13. The normalized spacial score (nSPS) is 10.7. The molecule has 0 saturated carbocycles. The zero-order valence-corrected chi connectivity index (χ0v) is 11.8. The van der Waals surface area contributed by atoms with E-state index in [0.29, 0.717) is 16.3 Å². The van der Waals surface area contributed by atoms with Gasteiger partial charge in [0.05, 0.1) is 15.1 Å². The fourth-order valence-corrected chi connectivity index (χ4v) is 3.06. The van der Waals surface area contributed by atoms with E-state index in [1.54, 1.807) is 37.4 Å². The van der Waals surface area contributed by atoms with Crippen molar-refractivity contribution in [1.29, 1.82) is 0 Å². The highest BCUT2D eigenvalue weighted by Crippen LogP contribution is 2.35. The summed E-state index contributed by atoms with van der Waals surface area (Å²) in [6.45, 7) is 0. The molecule has 7 heteroatoms. The fraction of sp³-hybridized carbons (Fsp3) is 0.0714. The molecule has 3 rings (SSSR count). The van der Waals surface area contributed by atoms with Crippen LogP contribution in [-0.2, 0) is 0 Å².